The molecular formula is C15H22Cl2N4O2S. The third-order valence-corrected chi connectivity index (χ3v) is 4.12. The third-order valence-electron chi connectivity index (χ3n) is 3.08. The average molecular weight is 393 g/mol. The predicted molar refractivity (Wildman–Crippen MR) is 100 cm³/mol. The molecule has 0 radical (unpaired) electrons. The van der Waals surface area contributed by atoms with Crippen LogP contribution in [0.25, 0.3) is 0 Å². The van der Waals surface area contributed by atoms with Crippen LogP contribution in [0, 0.1) is 6.92 Å². The van der Waals surface area contributed by atoms with E-state index in [9.17, 15) is 4.79 Å². The number of likely N-dealkylation sites (N-methyl/N-ethyl adjacent to an activating group) is 2. The van der Waals surface area contributed by atoms with Crippen molar-refractivity contribution in [3.8, 4) is 0 Å². The molecule has 0 aromatic carbocycles. The second-order valence-electron chi connectivity index (χ2n) is 4.90. The van der Waals surface area contributed by atoms with Crippen molar-refractivity contribution in [1.29, 1.82) is 0 Å². The number of carbonyl (C=O) groups excluding carboxylic acids is 1. The minimum atomic E-state index is -0.0258. The standard InChI is InChI=1S/C15H20N4O2S.2ClH/c1-11-9-12(18-21-11)10-22-14-13(5-4-6-17-14)15(20)19(3)8-7-16-2;;/h4-6,9,16H,7-8,10H2,1-3H3;2*1H. The van der Waals surface area contributed by atoms with Crippen LogP contribution in [0.4, 0.5) is 0 Å². The average Bonchev–Trinajstić information content (AvgIpc) is 2.95. The summed E-state index contributed by atoms with van der Waals surface area (Å²) in [6, 6.07) is 5.47. The van der Waals surface area contributed by atoms with Gasteiger partial charge in [-0.3, -0.25) is 4.79 Å². The molecule has 24 heavy (non-hydrogen) atoms. The van der Waals surface area contributed by atoms with Crippen LogP contribution in [0.15, 0.2) is 33.9 Å². The monoisotopic (exact) mass is 392 g/mol. The summed E-state index contributed by atoms with van der Waals surface area (Å²) in [6.45, 7) is 3.26. The fourth-order valence-electron chi connectivity index (χ4n) is 1.88. The van der Waals surface area contributed by atoms with Crippen LogP contribution in [-0.2, 0) is 5.75 Å². The third kappa shape index (κ3) is 6.32. The van der Waals surface area contributed by atoms with Gasteiger partial charge in [-0.05, 0) is 26.1 Å². The first-order valence-corrected chi connectivity index (χ1v) is 8.00. The molecule has 0 aliphatic rings. The molecule has 2 aromatic heterocycles. The number of aromatic nitrogens is 2. The second kappa shape index (κ2) is 11.3. The molecule has 0 spiro atoms. The van der Waals surface area contributed by atoms with E-state index in [0.717, 1.165) is 18.0 Å². The predicted octanol–water partition coefficient (Wildman–Crippen LogP) is 2.81. The van der Waals surface area contributed by atoms with Gasteiger partial charge < -0.3 is 14.7 Å². The van der Waals surface area contributed by atoms with Crippen molar-refractivity contribution in [2.75, 3.05) is 27.2 Å². The van der Waals surface area contributed by atoms with Crippen LogP contribution in [0.3, 0.4) is 0 Å². The van der Waals surface area contributed by atoms with Gasteiger partial charge in [-0.25, -0.2) is 4.98 Å². The minimum Gasteiger partial charge on any atom is -0.361 e. The molecule has 9 heteroatoms. The van der Waals surface area contributed by atoms with Gasteiger partial charge in [0.1, 0.15) is 10.8 Å². The lowest BCUT2D eigenvalue weighted by atomic mass is 10.2. The Kier molecular flexibility index (Phi) is 10.7. The maximum Gasteiger partial charge on any atom is 0.256 e. The number of pyridine rings is 1. The number of halogens is 2. The van der Waals surface area contributed by atoms with Gasteiger partial charge >= 0.3 is 0 Å². The molecule has 1 amide bonds. The lowest BCUT2D eigenvalue weighted by molar-refractivity contribution is 0.0792. The Hall–Kier alpha value is -1.28. The molecule has 2 rings (SSSR count). The zero-order valence-corrected chi connectivity index (χ0v) is 16.3. The molecule has 1 N–H and O–H groups in total. The number of nitrogens with one attached hydrogen (secondary N) is 1. The summed E-state index contributed by atoms with van der Waals surface area (Å²) in [5, 5.41) is 7.70. The van der Waals surface area contributed by atoms with Gasteiger partial charge in [0.05, 0.1) is 11.3 Å². The smallest absolute Gasteiger partial charge is 0.256 e. The van der Waals surface area contributed by atoms with Crippen molar-refractivity contribution in [2.45, 2.75) is 17.7 Å². The summed E-state index contributed by atoms with van der Waals surface area (Å²) in [5.74, 6) is 1.37. The Morgan fingerprint density at radius 2 is 2.17 bits per heavy atom. The first kappa shape index (κ1) is 22.7. The number of thioether (sulfide) groups is 1. The van der Waals surface area contributed by atoms with Crippen molar-refractivity contribution in [3.05, 3.63) is 41.4 Å². The second-order valence-corrected chi connectivity index (χ2v) is 5.87. The van der Waals surface area contributed by atoms with E-state index in [1.807, 2.05) is 26.1 Å². The largest absolute Gasteiger partial charge is 0.361 e. The van der Waals surface area contributed by atoms with Gasteiger partial charge in [-0.2, -0.15) is 0 Å². The van der Waals surface area contributed by atoms with Crippen molar-refractivity contribution in [2.24, 2.45) is 0 Å². The topological polar surface area (TPSA) is 71.3 Å². The zero-order chi connectivity index (χ0) is 15.9. The summed E-state index contributed by atoms with van der Waals surface area (Å²) in [6.07, 6.45) is 1.70. The van der Waals surface area contributed by atoms with Crippen molar-refractivity contribution in [3.63, 3.8) is 0 Å². The molecule has 0 aliphatic heterocycles. The van der Waals surface area contributed by atoms with Crippen LogP contribution in [0.1, 0.15) is 21.8 Å². The molecule has 0 bridgehead atoms. The SMILES string of the molecule is CNCCN(C)C(=O)c1cccnc1SCc1cc(C)on1.Cl.Cl. The van der Waals surface area contributed by atoms with E-state index < -0.39 is 0 Å². The van der Waals surface area contributed by atoms with Gasteiger partial charge in [-0.15, -0.1) is 24.8 Å². The lowest BCUT2D eigenvalue weighted by Crippen LogP contribution is -2.33. The van der Waals surface area contributed by atoms with Crippen molar-refractivity contribution >= 4 is 42.5 Å². The van der Waals surface area contributed by atoms with E-state index in [4.69, 9.17) is 4.52 Å². The molecule has 2 aromatic rings. The highest BCUT2D eigenvalue weighted by Gasteiger charge is 2.17. The Morgan fingerprint density at radius 3 is 2.79 bits per heavy atom. The molecule has 6 nitrogen and oxygen atoms in total. The quantitative estimate of drug-likeness (QED) is 0.730. The molecule has 0 saturated carbocycles. The molecule has 134 valence electrons. The van der Waals surface area contributed by atoms with Crippen LogP contribution < -0.4 is 5.32 Å². The Morgan fingerprint density at radius 1 is 1.42 bits per heavy atom. The van der Waals surface area contributed by atoms with E-state index in [0.29, 0.717) is 22.9 Å². The highest BCUT2D eigenvalue weighted by Crippen LogP contribution is 2.24. The summed E-state index contributed by atoms with van der Waals surface area (Å²) in [5.41, 5.74) is 1.46. The number of hydrogen-bond donors (Lipinski definition) is 1. The Labute approximate surface area is 158 Å². The minimum absolute atomic E-state index is 0. The van der Waals surface area contributed by atoms with Gasteiger partial charge in [0.15, 0.2) is 0 Å². The van der Waals surface area contributed by atoms with Crippen LogP contribution in [-0.4, -0.2) is 48.1 Å². The summed E-state index contributed by atoms with van der Waals surface area (Å²) in [7, 11) is 3.66. The lowest BCUT2D eigenvalue weighted by Gasteiger charge is -2.18. The van der Waals surface area contributed by atoms with E-state index >= 15 is 0 Å². The number of hydrogen-bond acceptors (Lipinski definition) is 6. The highest BCUT2D eigenvalue weighted by molar-refractivity contribution is 7.98. The highest BCUT2D eigenvalue weighted by atomic mass is 35.5. The van der Waals surface area contributed by atoms with Gasteiger partial charge in [0.25, 0.3) is 5.91 Å². The van der Waals surface area contributed by atoms with E-state index in [2.05, 4.69) is 15.5 Å². The maximum atomic E-state index is 12.5. The summed E-state index contributed by atoms with van der Waals surface area (Å²) >= 11 is 1.49. The number of carbonyl (C=O) groups is 1. The molecule has 0 fully saturated rings. The Balaban J connectivity index is 0.00000264. The van der Waals surface area contributed by atoms with Gasteiger partial charge in [-0.1, -0.05) is 16.9 Å². The summed E-state index contributed by atoms with van der Waals surface area (Å²) < 4.78 is 5.05. The first-order chi connectivity index (χ1) is 10.6. The van der Waals surface area contributed by atoms with Crippen LogP contribution in [0.2, 0.25) is 0 Å². The van der Waals surface area contributed by atoms with Crippen molar-refractivity contribution in [1.82, 2.24) is 20.4 Å². The molecule has 0 aliphatic carbocycles. The molecular weight excluding hydrogens is 371 g/mol. The number of aryl methyl sites for hydroxylation is 1. The fourth-order valence-corrected chi connectivity index (χ4v) is 2.75. The number of rotatable bonds is 7. The Bertz CT molecular complexity index is 639. The molecule has 0 unspecified atom stereocenters. The van der Waals surface area contributed by atoms with Crippen molar-refractivity contribution < 1.29 is 9.32 Å². The zero-order valence-electron chi connectivity index (χ0n) is 13.8. The van der Waals surface area contributed by atoms with E-state index in [1.165, 1.54) is 11.8 Å². The summed E-state index contributed by atoms with van der Waals surface area (Å²) in [4.78, 5) is 18.5. The molecule has 0 saturated heterocycles. The maximum absolute atomic E-state index is 12.5. The number of nitrogens with zero attached hydrogens (tertiary/aromatic N) is 3. The van der Waals surface area contributed by atoms with E-state index in [-0.39, 0.29) is 30.7 Å². The van der Waals surface area contributed by atoms with Crippen LogP contribution >= 0.6 is 36.6 Å². The van der Waals surface area contributed by atoms with Gasteiger partial charge in [0, 0.05) is 38.2 Å². The van der Waals surface area contributed by atoms with Gasteiger partial charge in [0.2, 0.25) is 0 Å². The molecule has 2 heterocycles. The normalized spacial score (nSPS) is 9.79. The van der Waals surface area contributed by atoms with Crippen LogP contribution in [0.5, 0.6) is 0 Å². The molecule has 0 atom stereocenters. The number of amides is 1. The first-order valence-electron chi connectivity index (χ1n) is 7.02. The fraction of sp³-hybridized carbons (Fsp3) is 0.400. The van der Waals surface area contributed by atoms with E-state index in [1.54, 1.807) is 24.2 Å².